The van der Waals surface area contributed by atoms with Gasteiger partial charge in [-0.3, -0.25) is 4.79 Å². The van der Waals surface area contributed by atoms with E-state index in [0.29, 0.717) is 28.2 Å². The van der Waals surface area contributed by atoms with Crippen LogP contribution in [0.3, 0.4) is 0 Å². The predicted molar refractivity (Wildman–Crippen MR) is 136 cm³/mol. The smallest absolute Gasteiger partial charge is 0.303 e. The Hall–Kier alpha value is -3.61. The molecule has 0 saturated carbocycles. The third-order valence-electron chi connectivity index (χ3n) is 5.56. The molecule has 0 fully saturated rings. The number of rotatable bonds is 9. The van der Waals surface area contributed by atoms with Crippen molar-refractivity contribution in [2.24, 2.45) is 4.99 Å². The van der Waals surface area contributed by atoms with Gasteiger partial charge in [0.05, 0.1) is 22.5 Å². The van der Waals surface area contributed by atoms with Crippen LogP contribution in [0.2, 0.25) is 5.02 Å². The Morgan fingerprint density at radius 3 is 2.59 bits per heavy atom. The molecule has 0 unspecified atom stereocenters. The zero-order chi connectivity index (χ0) is 24.1. The highest BCUT2D eigenvalue weighted by molar-refractivity contribution is 6.31. The van der Waals surface area contributed by atoms with Crippen LogP contribution in [0, 0.1) is 0 Å². The second kappa shape index (κ2) is 10.5. The van der Waals surface area contributed by atoms with Gasteiger partial charge in [0, 0.05) is 28.9 Å². The van der Waals surface area contributed by atoms with Crippen LogP contribution in [0.25, 0.3) is 10.9 Å². The van der Waals surface area contributed by atoms with E-state index in [2.05, 4.69) is 17.2 Å². The monoisotopic (exact) mass is 475 g/mol. The van der Waals surface area contributed by atoms with E-state index in [-0.39, 0.29) is 12.3 Å². The van der Waals surface area contributed by atoms with Crippen molar-refractivity contribution < 1.29 is 15.0 Å². The summed E-state index contributed by atoms with van der Waals surface area (Å²) in [5.41, 5.74) is 5.43. The fourth-order valence-corrected chi connectivity index (χ4v) is 4.04. The van der Waals surface area contributed by atoms with E-state index >= 15 is 0 Å². The van der Waals surface area contributed by atoms with Gasteiger partial charge < -0.3 is 20.5 Å². The number of carboxylic acids is 1. The van der Waals surface area contributed by atoms with E-state index in [0.717, 1.165) is 40.9 Å². The summed E-state index contributed by atoms with van der Waals surface area (Å²) < 4.78 is 0. The van der Waals surface area contributed by atoms with E-state index < -0.39 is 5.97 Å². The molecule has 1 aromatic heterocycles. The van der Waals surface area contributed by atoms with E-state index in [1.54, 1.807) is 12.1 Å². The molecule has 0 spiro atoms. The van der Waals surface area contributed by atoms with Gasteiger partial charge in [-0.2, -0.15) is 0 Å². The number of aromatic amines is 1. The maximum absolute atomic E-state index is 11.1. The number of H-pyrrole nitrogens is 1. The molecule has 0 amide bonds. The average molecular weight is 476 g/mol. The van der Waals surface area contributed by atoms with Gasteiger partial charge in [-0.15, -0.1) is 0 Å². The second-order valence-corrected chi connectivity index (χ2v) is 8.48. The van der Waals surface area contributed by atoms with Crippen LogP contribution in [0.1, 0.15) is 35.6 Å². The van der Waals surface area contributed by atoms with Crippen LogP contribution < -0.4 is 5.32 Å². The van der Waals surface area contributed by atoms with Crippen LogP contribution in [0.4, 0.5) is 5.69 Å². The molecular weight excluding hydrogens is 450 g/mol. The zero-order valence-electron chi connectivity index (χ0n) is 18.8. The van der Waals surface area contributed by atoms with Crippen LogP contribution >= 0.6 is 11.6 Å². The lowest BCUT2D eigenvalue weighted by Gasteiger charge is -2.10. The summed E-state index contributed by atoms with van der Waals surface area (Å²) in [4.78, 5) is 19.0. The van der Waals surface area contributed by atoms with Gasteiger partial charge in [-0.25, -0.2) is 4.99 Å². The third-order valence-corrected chi connectivity index (χ3v) is 5.80. The number of aliphatic imine (C=N–C) groups is 1. The molecule has 0 aliphatic carbocycles. The number of nitrogens with zero attached hydrogens (tertiary/aromatic N) is 1. The maximum atomic E-state index is 11.1. The van der Waals surface area contributed by atoms with E-state index in [1.165, 1.54) is 0 Å². The molecule has 34 heavy (non-hydrogen) atoms. The SMILES string of the molecule is CCNCc1ccc(N=C(c2cccc(CCC(=O)O)c2)c2c(O)[nH]c3cc(Cl)ccc23)cc1. The molecule has 0 atom stereocenters. The molecule has 4 aromatic rings. The minimum Gasteiger partial charge on any atom is -0.494 e. The molecule has 174 valence electrons. The van der Waals surface area contributed by atoms with Crippen LogP contribution in [-0.4, -0.2) is 33.4 Å². The normalized spacial score (nSPS) is 11.8. The van der Waals surface area contributed by atoms with Crippen LogP contribution in [0.5, 0.6) is 5.88 Å². The number of aromatic hydroxyl groups is 1. The van der Waals surface area contributed by atoms with Gasteiger partial charge >= 0.3 is 5.97 Å². The van der Waals surface area contributed by atoms with Gasteiger partial charge in [0.1, 0.15) is 0 Å². The Morgan fingerprint density at radius 2 is 1.85 bits per heavy atom. The first kappa shape index (κ1) is 23.5. The summed E-state index contributed by atoms with van der Waals surface area (Å²) in [6.45, 7) is 3.74. The van der Waals surface area contributed by atoms with Crippen LogP contribution in [0.15, 0.2) is 71.7 Å². The minimum atomic E-state index is -0.844. The number of carbonyl (C=O) groups is 1. The minimum absolute atomic E-state index is 0.00396. The van der Waals surface area contributed by atoms with Crippen molar-refractivity contribution >= 4 is 39.9 Å². The molecule has 0 saturated heterocycles. The molecule has 0 aliphatic heterocycles. The molecule has 4 N–H and O–H groups in total. The molecule has 7 heteroatoms. The van der Waals surface area contributed by atoms with Gasteiger partial charge in [0.15, 0.2) is 5.88 Å². The highest BCUT2D eigenvalue weighted by Crippen LogP contribution is 2.33. The number of halogens is 1. The maximum Gasteiger partial charge on any atom is 0.303 e. The Morgan fingerprint density at radius 1 is 1.06 bits per heavy atom. The van der Waals surface area contributed by atoms with E-state index in [4.69, 9.17) is 21.7 Å². The topological polar surface area (TPSA) is 97.7 Å². The molecule has 3 aromatic carbocycles. The fourth-order valence-electron chi connectivity index (χ4n) is 3.87. The number of aromatic nitrogens is 1. The lowest BCUT2D eigenvalue weighted by Crippen LogP contribution is -2.11. The predicted octanol–water partition coefficient (Wildman–Crippen LogP) is 5.82. The number of hydrogen-bond acceptors (Lipinski definition) is 4. The summed E-state index contributed by atoms with van der Waals surface area (Å²) in [5, 5.41) is 24.6. The first-order chi connectivity index (χ1) is 16.4. The Bertz CT molecular complexity index is 1340. The molecular formula is C27H26ClN3O3. The molecule has 0 radical (unpaired) electrons. The Balaban J connectivity index is 1.83. The van der Waals surface area contributed by atoms with Gasteiger partial charge in [-0.1, -0.05) is 54.9 Å². The van der Waals surface area contributed by atoms with Gasteiger partial charge in [0.2, 0.25) is 0 Å². The molecule has 0 bridgehead atoms. The average Bonchev–Trinajstić information content (AvgIpc) is 3.15. The lowest BCUT2D eigenvalue weighted by atomic mass is 9.97. The van der Waals surface area contributed by atoms with Gasteiger partial charge in [0.25, 0.3) is 0 Å². The van der Waals surface area contributed by atoms with Crippen molar-refractivity contribution in [1.82, 2.24) is 10.3 Å². The largest absolute Gasteiger partial charge is 0.494 e. The molecule has 1 heterocycles. The van der Waals surface area contributed by atoms with Crippen molar-refractivity contribution in [2.75, 3.05) is 6.54 Å². The number of carboxylic acid groups (broad SMARTS) is 1. The number of hydrogen-bond donors (Lipinski definition) is 4. The molecule has 4 rings (SSSR count). The quantitative estimate of drug-likeness (QED) is 0.229. The number of benzene rings is 3. The van der Waals surface area contributed by atoms with Crippen molar-refractivity contribution in [3.05, 3.63) is 94.0 Å². The number of nitrogens with one attached hydrogen (secondary N) is 2. The summed E-state index contributed by atoms with van der Waals surface area (Å²) in [7, 11) is 0. The standard InChI is InChI=1S/C27H26ClN3O3/c1-2-29-16-18-6-10-21(11-7-18)30-26(19-5-3-4-17(14-19)8-13-24(32)33)25-22-12-9-20(28)15-23(22)31-27(25)34/h3-7,9-12,14-15,29,31,34H,2,8,13,16H2,1H3,(H,32,33). The molecule has 0 aliphatic rings. The van der Waals surface area contributed by atoms with Crippen molar-refractivity contribution in [3.63, 3.8) is 0 Å². The second-order valence-electron chi connectivity index (χ2n) is 8.04. The number of aliphatic carboxylic acids is 1. The zero-order valence-corrected chi connectivity index (χ0v) is 19.6. The van der Waals surface area contributed by atoms with Crippen molar-refractivity contribution in [3.8, 4) is 5.88 Å². The Kier molecular flexibility index (Phi) is 7.30. The fraction of sp³-hybridized carbons (Fsp3) is 0.185. The van der Waals surface area contributed by atoms with Crippen molar-refractivity contribution in [2.45, 2.75) is 26.3 Å². The summed E-state index contributed by atoms with van der Waals surface area (Å²) >= 11 is 6.15. The molecule has 6 nitrogen and oxygen atoms in total. The van der Waals surface area contributed by atoms with E-state index in [1.807, 2.05) is 54.6 Å². The lowest BCUT2D eigenvalue weighted by molar-refractivity contribution is -0.136. The van der Waals surface area contributed by atoms with Crippen molar-refractivity contribution in [1.29, 1.82) is 0 Å². The highest BCUT2D eigenvalue weighted by Gasteiger charge is 2.19. The van der Waals surface area contributed by atoms with Gasteiger partial charge in [-0.05, 0) is 54.4 Å². The number of fused-ring (bicyclic) bond motifs is 1. The number of aryl methyl sites for hydroxylation is 1. The van der Waals surface area contributed by atoms with Crippen LogP contribution in [-0.2, 0) is 17.8 Å². The third kappa shape index (κ3) is 5.47. The van der Waals surface area contributed by atoms with E-state index in [9.17, 15) is 9.90 Å². The highest BCUT2D eigenvalue weighted by atomic mass is 35.5. The summed E-state index contributed by atoms with van der Waals surface area (Å²) in [6, 6.07) is 21.0. The Labute approximate surface area is 202 Å². The first-order valence-electron chi connectivity index (χ1n) is 11.1. The summed E-state index contributed by atoms with van der Waals surface area (Å²) in [6.07, 6.45) is 0.449. The summed E-state index contributed by atoms with van der Waals surface area (Å²) in [5.74, 6) is -0.848. The first-order valence-corrected chi connectivity index (χ1v) is 11.5.